The number of nitro benzene ring substituents is 1. The summed E-state index contributed by atoms with van der Waals surface area (Å²) in [5.41, 5.74) is 6.74. The second-order valence-electron chi connectivity index (χ2n) is 4.89. The van der Waals surface area contributed by atoms with Crippen LogP contribution in [-0.4, -0.2) is 29.0 Å². The molecule has 1 unspecified atom stereocenters. The van der Waals surface area contributed by atoms with Gasteiger partial charge in [0, 0.05) is 31.3 Å². The van der Waals surface area contributed by atoms with Crippen molar-refractivity contribution in [3.63, 3.8) is 0 Å². The highest BCUT2D eigenvalue weighted by atomic mass is 35.5. The van der Waals surface area contributed by atoms with Crippen LogP contribution in [-0.2, 0) is 6.54 Å². The highest BCUT2D eigenvalue weighted by Crippen LogP contribution is 2.26. The molecule has 6 heteroatoms. The number of nitrogens with zero attached hydrogens (tertiary/aromatic N) is 2. The normalized spacial score (nSPS) is 20.4. The number of hydrogen-bond donors (Lipinski definition) is 1. The molecule has 1 heterocycles. The summed E-state index contributed by atoms with van der Waals surface area (Å²) in [6.07, 6.45) is 3.49. The van der Waals surface area contributed by atoms with Crippen LogP contribution in [0.3, 0.4) is 0 Å². The average Bonchev–Trinajstić information content (AvgIpc) is 2.41. The zero-order chi connectivity index (χ0) is 13.8. The Morgan fingerprint density at radius 2 is 2.26 bits per heavy atom. The lowest BCUT2D eigenvalue weighted by Gasteiger charge is -2.35. The van der Waals surface area contributed by atoms with E-state index in [1.54, 1.807) is 6.07 Å². The predicted octanol–water partition coefficient (Wildman–Crippen LogP) is 2.56. The molecule has 0 radical (unpaired) electrons. The molecule has 2 N–H and O–H groups in total. The van der Waals surface area contributed by atoms with Gasteiger partial charge in [0.2, 0.25) is 0 Å². The van der Waals surface area contributed by atoms with Crippen molar-refractivity contribution in [1.29, 1.82) is 0 Å². The molecule has 1 aliphatic rings. The smallest absolute Gasteiger partial charge is 0.270 e. The summed E-state index contributed by atoms with van der Waals surface area (Å²) < 4.78 is 0. The van der Waals surface area contributed by atoms with Crippen molar-refractivity contribution >= 4 is 17.3 Å². The van der Waals surface area contributed by atoms with Gasteiger partial charge >= 0.3 is 0 Å². The zero-order valence-electron chi connectivity index (χ0n) is 10.7. The monoisotopic (exact) mass is 283 g/mol. The van der Waals surface area contributed by atoms with Gasteiger partial charge in [0.05, 0.1) is 9.95 Å². The van der Waals surface area contributed by atoms with Gasteiger partial charge in [0.1, 0.15) is 0 Å². The minimum absolute atomic E-state index is 0.0303. The Hall–Kier alpha value is -1.17. The molecule has 5 nitrogen and oxygen atoms in total. The first-order valence-corrected chi connectivity index (χ1v) is 6.86. The topological polar surface area (TPSA) is 72.4 Å². The molecular weight excluding hydrogens is 266 g/mol. The van der Waals surface area contributed by atoms with Gasteiger partial charge in [0.25, 0.3) is 5.69 Å². The Morgan fingerprint density at radius 1 is 1.47 bits per heavy atom. The molecule has 1 saturated heterocycles. The molecule has 0 aliphatic carbocycles. The fourth-order valence-corrected chi connectivity index (χ4v) is 2.77. The third-order valence-corrected chi connectivity index (χ3v) is 3.99. The van der Waals surface area contributed by atoms with Crippen LogP contribution in [0, 0.1) is 10.1 Å². The molecule has 0 aromatic heterocycles. The molecule has 0 saturated carbocycles. The summed E-state index contributed by atoms with van der Waals surface area (Å²) in [7, 11) is 0. The molecule has 1 atom stereocenters. The van der Waals surface area contributed by atoms with E-state index >= 15 is 0 Å². The molecule has 0 spiro atoms. The van der Waals surface area contributed by atoms with Crippen molar-refractivity contribution in [2.24, 2.45) is 5.73 Å². The second-order valence-corrected chi connectivity index (χ2v) is 5.30. The Kier molecular flexibility index (Phi) is 4.74. The number of nitrogens with two attached hydrogens (primary N) is 1. The zero-order valence-corrected chi connectivity index (χ0v) is 11.5. The molecule has 0 amide bonds. The van der Waals surface area contributed by atoms with E-state index in [-0.39, 0.29) is 5.69 Å². The van der Waals surface area contributed by atoms with E-state index in [0.717, 1.165) is 18.5 Å². The third-order valence-electron chi connectivity index (χ3n) is 3.64. The number of piperidine rings is 1. The maximum Gasteiger partial charge on any atom is 0.270 e. The predicted molar refractivity (Wildman–Crippen MR) is 75.2 cm³/mol. The summed E-state index contributed by atoms with van der Waals surface area (Å²) in [5, 5.41) is 11.1. The van der Waals surface area contributed by atoms with Gasteiger partial charge in [-0.2, -0.15) is 0 Å². The molecule has 19 heavy (non-hydrogen) atoms. The average molecular weight is 284 g/mol. The number of halogens is 1. The van der Waals surface area contributed by atoms with Gasteiger partial charge in [-0.25, -0.2) is 0 Å². The van der Waals surface area contributed by atoms with E-state index in [2.05, 4.69) is 4.90 Å². The minimum Gasteiger partial charge on any atom is -0.329 e. The van der Waals surface area contributed by atoms with Gasteiger partial charge in [-0.15, -0.1) is 0 Å². The fraction of sp³-hybridized carbons (Fsp3) is 0.538. The van der Waals surface area contributed by atoms with E-state index in [1.165, 1.54) is 25.0 Å². The number of benzene rings is 1. The van der Waals surface area contributed by atoms with Crippen molar-refractivity contribution in [2.75, 3.05) is 13.1 Å². The first kappa shape index (κ1) is 14.2. The van der Waals surface area contributed by atoms with Crippen molar-refractivity contribution < 1.29 is 4.92 Å². The molecule has 1 aromatic rings. The Bertz CT molecular complexity index is 467. The maximum atomic E-state index is 10.7. The van der Waals surface area contributed by atoms with Crippen LogP contribution in [0.15, 0.2) is 18.2 Å². The lowest BCUT2D eigenvalue weighted by molar-refractivity contribution is -0.384. The van der Waals surface area contributed by atoms with Crippen LogP contribution in [0.4, 0.5) is 5.69 Å². The van der Waals surface area contributed by atoms with E-state index < -0.39 is 4.92 Å². The van der Waals surface area contributed by atoms with Crippen molar-refractivity contribution in [2.45, 2.75) is 31.8 Å². The molecule has 0 bridgehead atoms. The van der Waals surface area contributed by atoms with Crippen LogP contribution in [0.5, 0.6) is 0 Å². The number of hydrogen-bond acceptors (Lipinski definition) is 4. The van der Waals surface area contributed by atoms with Crippen LogP contribution in [0.2, 0.25) is 5.02 Å². The number of nitro groups is 1. The Morgan fingerprint density at radius 3 is 2.89 bits per heavy atom. The first-order chi connectivity index (χ1) is 9.11. The maximum absolute atomic E-state index is 10.7. The van der Waals surface area contributed by atoms with E-state index in [4.69, 9.17) is 17.3 Å². The van der Waals surface area contributed by atoms with E-state index in [9.17, 15) is 10.1 Å². The van der Waals surface area contributed by atoms with Crippen LogP contribution in [0.25, 0.3) is 0 Å². The summed E-state index contributed by atoms with van der Waals surface area (Å²) in [4.78, 5) is 12.6. The molecule has 1 fully saturated rings. The van der Waals surface area contributed by atoms with Crippen molar-refractivity contribution in [1.82, 2.24) is 4.90 Å². The lowest BCUT2D eigenvalue weighted by atomic mass is 10.0. The molecule has 2 rings (SSSR count). The van der Waals surface area contributed by atoms with Gasteiger partial charge in [0.15, 0.2) is 0 Å². The second kappa shape index (κ2) is 6.32. The van der Waals surface area contributed by atoms with Crippen molar-refractivity contribution in [3.8, 4) is 0 Å². The highest BCUT2D eigenvalue weighted by molar-refractivity contribution is 6.31. The van der Waals surface area contributed by atoms with E-state index in [1.807, 2.05) is 0 Å². The summed E-state index contributed by atoms with van der Waals surface area (Å²) >= 11 is 6.12. The summed E-state index contributed by atoms with van der Waals surface area (Å²) in [5.74, 6) is 0. The largest absolute Gasteiger partial charge is 0.329 e. The Labute approximate surface area is 117 Å². The van der Waals surface area contributed by atoms with Gasteiger partial charge in [-0.1, -0.05) is 18.0 Å². The Balaban J connectivity index is 2.11. The van der Waals surface area contributed by atoms with Crippen molar-refractivity contribution in [3.05, 3.63) is 38.9 Å². The molecule has 104 valence electrons. The summed E-state index contributed by atoms with van der Waals surface area (Å²) in [6.45, 7) is 2.36. The lowest BCUT2D eigenvalue weighted by Crippen LogP contribution is -2.43. The molecule has 1 aromatic carbocycles. The quantitative estimate of drug-likeness (QED) is 0.681. The molecular formula is C13H18ClN3O2. The number of likely N-dealkylation sites (tertiary alicyclic amines) is 1. The standard InChI is InChI=1S/C13H18ClN3O2/c14-13-7-11(17(18)19)5-4-10(13)9-16-6-2-1-3-12(16)8-15/h4-5,7,12H,1-3,6,8-9,15H2. The number of rotatable bonds is 4. The van der Waals surface area contributed by atoms with Gasteiger partial charge in [-0.3, -0.25) is 15.0 Å². The van der Waals surface area contributed by atoms with Crippen LogP contribution < -0.4 is 5.73 Å². The van der Waals surface area contributed by atoms with Gasteiger partial charge < -0.3 is 5.73 Å². The third kappa shape index (κ3) is 3.43. The van der Waals surface area contributed by atoms with Crippen LogP contribution in [0.1, 0.15) is 24.8 Å². The van der Waals surface area contributed by atoms with E-state index in [0.29, 0.717) is 24.2 Å². The number of non-ortho nitro benzene ring substituents is 1. The first-order valence-electron chi connectivity index (χ1n) is 6.48. The SMILES string of the molecule is NCC1CCCCN1Cc1ccc([N+](=O)[O-])cc1Cl. The summed E-state index contributed by atoms with van der Waals surface area (Å²) in [6, 6.07) is 5.05. The van der Waals surface area contributed by atoms with Gasteiger partial charge in [-0.05, 0) is 31.0 Å². The minimum atomic E-state index is -0.431. The molecule has 1 aliphatic heterocycles. The fourth-order valence-electron chi connectivity index (χ4n) is 2.53. The highest BCUT2D eigenvalue weighted by Gasteiger charge is 2.22. The van der Waals surface area contributed by atoms with Crippen LogP contribution >= 0.6 is 11.6 Å².